The molecule has 0 saturated carbocycles. The highest BCUT2D eigenvalue weighted by Gasteiger charge is 2.35. The van der Waals surface area contributed by atoms with Crippen LogP contribution in [0.1, 0.15) is 34.3 Å². The summed E-state index contributed by atoms with van der Waals surface area (Å²) in [6, 6.07) is 28.3. The number of benzene rings is 3. The average Bonchev–Trinajstić information content (AvgIpc) is 3.13. The standard InChI is InChI=1S/C24H22N2O/c1-27-18-13-11-16(12-14-18)20-15-25-23(17-7-3-2-4-8-17)24-22(20)19-9-5-6-10-21(19)26-24/h2-14,20,23,25-26H,15H2,1H3/p+1/t20-,23-/m1/s1. The molecule has 0 radical (unpaired) electrons. The van der Waals surface area contributed by atoms with Crippen LogP contribution >= 0.6 is 0 Å². The summed E-state index contributed by atoms with van der Waals surface area (Å²) in [7, 11) is 1.71. The Morgan fingerprint density at radius 1 is 0.852 bits per heavy atom. The van der Waals surface area contributed by atoms with Crippen molar-refractivity contribution in [3.05, 3.63) is 101 Å². The normalized spacial score (nSPS) is 19.0. The topological polar surface area (TPSA) is 41.6 Å². The van der Waals surface area contributed by atoms with Crippen molar-refractivity contribution in [2.24, 2.45) is 0 Å². The van der Waals surface area contributed by atoms with Gasteiger partial charge in [-0.05, 0) is 23.8 Å². The largest absolute Gasteiger partial charge is 0.497 e. The van der Waals surface area contributed by atoms with Gasteiger partial charge in [0.2, 0.25) is 0 Å². The first-order valence-electron chi connectivity index (χ1n) is 9.48. The smallest absolute Gasteiger partial charge is 0.153 e. The lowest BCUT2D eigenvalue weighted by atomic mass is 9.83. The third-order valence-corrected chi connectivity index (χ3v) is 5.72. The number of aromatic amines is 1. The number of fused-ring (bicyclic) bond motifs is 3. The van der Waals surface area contributed by atoms with Gasteiger partial charge in [-0.1, -0.05) is 60.7 Å². The van der Waals surface area contributed by atoms with Gasteiger partial charge in [-0.25, -0.2) is 0 Å². The van der Waals surface area contributed by atoms with Crippen LogP contribution in [0.25, 0.3) is 10.9 Å². The molecule has 1 aliphatic rings. The fourth-order valence-corrected chi connectivity index (χ4v) is 4.42. The Kier molecular flexibility index (Phi) is 3.95. The molecule has 3 N–H and O–H groups in total. The van der Waals surface area contributed by atoms with Gasteiger partial charge in [0, 0.05) is 22.0 Å². The molecule has 1 aliphatic heterocycles. The van der Waals surface area contributed by atoms with Gasteiger partial charge in [-0.3, -0.25) is 0 Å². The van der Waals surface area contributed by atoms with Gasteiger partial charge in [0.25, 0.3) is 0 Å². The van der Waals surface area contributed by atoms with Crippen molar-refractivity contribution >= 4 is 10.9 Å². The maximum Gasteiger partial charge on any atom is 0.153 e. The summed E-state index contributed by atoms with van der Waals surface area (Å²) in [4.78, 5) is 3.73. The van der Waals surface area contributed by atoms with Crippen LogP contribution in [0.15, 0.2) is 78.9 Å². The Hall–Kier alpha value is -3.04. The molecule has 134 valence electrons. The summed E-state index contributed by atoms with van der Waals surface area (Å²) in [6.07, 6.45) is 0. The predicted octanol–water partition coefficient (Wildman–Crippen LogP) is 3.97. The molecule has 3 heteroatoms. The molecule has 0 aliphatic carbocycles. The minimum atomic E-state index is 0.308. The molecule has 2 atom stereocenters. The summed E-state index contributed by atoms with van der Waals surface area (Å²) in [5.74, 6) is 1.27. The third kappa shape index (κ3) is 2.71. The number of para-hydroxylation sites is 1. The molecule has 0 spiro atoms. The lowest BCUT2D eigenvalue weighted by molar-refractivity contribution is -0.692. The number of aromatic nitrogens is 1. The number of methoxy groups -OCH3 is 1. The number of hydrogen-bond acceptors (Lipinski definition) is 1. The van der Waals surface area contributed by atoms with Gasteiger partial charge in [0.1, 0.15) is 5.75 Å². The van der Waals surface area contributed by atoms with Crippen LogP contribution in [-0.4, -0.2) is 18.6 Å². The van der Waals surface area contributed by atoms with E-state index in [1.165, 1.54) is 33.3 Å². The highest BCUT2D eigenvalue weighted by Crippen LogP contribution is 2.39. The maximum absolute atomic E-state index is 5.34. The predicted molar refractivity (Wildman–Crippen MR) is 108 cm³/mol. The molecular weight excluding hydrogens is 332 g/mol. The van der Waals surface area contributed by atoms with Crippen LogP contribution in [0.4, 0.5) is 0 Å². The molecule has 4 aromatic rings. The van der Waals surface area contributed by atoms with Crippen LogP contribution in [0.2, 0.25) is 0 Å². The van der Waals surface area contributed by atoms with Gasteiger partial charge in [-0.15, -0.1) is 0 Å². The van der Waals surface area contributed by atoms with Crippen LogP contribution in [0.3, 0.4) is 0 Å². The highest BCUT2D eigenvalue weighted by atomic mass is 16.5. The fourth-order valence-electron chi connectivity index (χ4n) is 4.42. The average molecular weight is 355 g/mol. The van der Waals surface area contributed by atoms with Crippen molar-refractivity contribution < 1.29 is 10.1 Å². The maximum atomic E-state index is 5.34. The second-order valence-electron chi connectivity index (χ2n) is 7.18. The SMILES string of the molecule is COc1ccc([C@H]2C[NH2+][C@H](c3ccccc3)c3[nH]c4ccccc4c32)cc1. The molecule has 0 amide bonds. The molecular formula is C24H23N2O+. The minimum absolute atomic E-state index is 0.308. The zero-order valence-electron chi connectivity index (χ0n) is 15.4. The summed E-state index contributed by atoms with van der Waals surface area (Å²) >= 11 is 0. The quantitative estimate of drug-likeness (QED) is 0.574. The van der Waals surface area contributed by atoms with Crippen molar-refractivity contribution in [1.82, 2.24) is 4.98 Å². The monoisotopic (exact) mass is 355 g/mol. The van der Waals surface area contributed by atoms with Gasteiger partial charge in [0.05, 0.1) is 25.3 Å². The number of rotatable bonds is 3. The number of ether oxygens (including phenoxy) is 1. The fraction of sp³-hybridized carbons (Fsp3) is 0.167. The molecule has 5 rings (SSSR count). The Morgan fingerprint density at radius 2 is 1.59 bits per heavy atom. The number of nitrogens with two attached hydrogens (primary N) is 1. The van der Waals surface area contributed by atoms with Crippen LogP contribution in [-0.2, 0) is 0 Å². The minimum Gasteiger partial charge on any atom is -0.497 e. The van der Waals surface area contributed by atoms with Crippen molar-refractivity contribution in [2.75, 3.05) is 13.7 Å². The molecule has 0 bridgehead atoms. The van der Waals surface area contributed by atoms with E-state index in [1.54, 1.807) is 7.11 Å². The number of H-pyrrole nitrogens is 1. The van der Waals surface area contributed by atoms with E-state index >= 15 is 0 Å². The number of hydrogen-bond donors (Lipinski definition) is 2. The molecule has 0 saturated heterocycles. The molecule has 0 unspecified atom stereocenters. The number of quaternary nitrogens is 1. The van der Waals surface area contributed by atoms with Gasteiger partial charge < -0.3 is 15.0 Å². The van der Waals surface area contributed by atoms with Crippen molar-refractivity contribution in [3.8, 4) is 5.75 Å². The van der Waals surface area contributed by atoms with Crippen molar-refractivity contribution in [3.63, 3.8) is 0 Å². The lowest BCUT2D eigenvalue weighted by Crippen LogP contribution is -2.88. The first-order valence-corrected chi connectivity index (χ1v) is 9.48. The summed E-state index contributed by atoms with van der Waals surface area (Å²) in [6.45, 7) is 1.03. The van der Waals surface area contributed by atoms with Crippen molar-refractivity contribution in [1.29, 1.82) is 0 Å². The van der Waals surface area contributed by atoms with E-state index < -0.39 is 0 Å². The zero-order valence-corrected chi connectivity index (χ0v) is 15.4. The molecule has 3 nitrogen and oxygen atoms in total. The van der Waals surface area contributed by atoms with Crippen LogP contribution < -0.4 is 10.1 Å². The first kappa shape index (κ1) is 16.2. The third-order valence-electron chi connectivity index (χ3n) is 5.72. The second kappa shape index (κ2) is 6.60. The number of nitrogens with one attached hydrogen (secondary N) is 1. The molecule has 0 fully saturated rings. The van der Waals surface area contributed by atoms with Gasteiger partial charge >= 0.3 is 0 Å². The van der Waals surface area contributed by atoms with Crippen molar-refractivity contribution in [2.45, 2.75) is 12.0 Å². The van der Waals surface area contributed by atoms with Crippen LogP contribution in [0, 0.1) is 0 Å². The Balaban J connectivity index is 1.67. The van der Waals surface area contributed by atoms with E-state index in [2.05, 4.69) is 89.2 Å². The molecule has 2 heterocycles. The van der Waals surface area contributed by atoms with E-state index in [9.17, 15) is 0 Å². The summed E-state index contributed by atoms with van der Waals surface area (Å²) in [5.41, 5.74) is 6.67. The summed E-state index contributed by atoms with van der Waals surface area (Å²) in [5, 5.41) is 3.80. The zero-order chi connectivity index (χ0) is 18.2. The van der Waals surface area contributed by atoms with E-state index in [1.807, 2.05) is 0 Å². The Morgan fingerprint density at radius 3 is 2.37 bits per heavy atom. The van der Waals surface area contributed by atoms with Crippen LogP contribution in [0.5, 0.6) is 5.75 Å². The van der Waals surface area contributed by atoms with E-state index in [0.29, 0.717) is 12.0 Å². The van der Waals surface area contributed by atoms with E-state index in [4.69, 9.17) is 4.74 Å². The molecule has 1 aromatic heterocycles. The molecule has 27 heavy (non-hydrogen) atoms. The van der Waals surface area contributed by atoms with E-state index in [0.717, 1.165) is 12.3 Å². The van der Waals surface area contributed by atoms with Gasteiger partial charge in [-0.2, -0.15) is 0 Å². The van der Waals surface area contributed by atoms with E-state index in [-0.39, 0.29) is 0 Å². The lowest BCUT2D eigenvalue weighted by Gasteiger charge is -2.28. The summed E-state index contributed by atoms with van der Waals surface area (Å²) < 4.78 is 5.34. The van der Waals surface area contributed by atoms with Gasteiger partial charge in [0.15, 0.2) is 6.04 Å². The second-order valence-corrected chi connectivity index (χ2v) is 7.18. The molecule has 3 aromatic carbocycles. The highest BCUT2D eigenvalue weighted by molar-refractivity contribution is 5.86. The Labute approximate surface area is 159 Å². The first-order chi connectivity index (χ1) is 13.3. The Bertz CT molecular complexity index is 1070.